The van der Waals surface area contributed by atoms with Crippen LogP contribution in [-0.2, 0) is 0 Å². The second-order valence-corrected chi connectivity index (χ2v) is 3.69. The Bertz CT molecular complexity index is 526. The molecule has 2 aromatic carbocycles. The van der Waals surface area contributed by atoms with Gasteiger partial charge in [0.05, 0.1) is 5.97 Å². The molecular formula is C14H11NaO3. The molecule has 0 fully saturated rings. The van der Waals surface area contributed by atoms with E-state index in [0.717, 1.165) is 0 Å². The van der Waals surface area contributed by atoms with E-state index in [0.29, 0.717) is 11.1 Å². The van der Waals surface area contributed by atoms with Crippen LogP contribution in [-0.4, -0.2) is 11.1 Å². The summed E-state index contributed by atoms with van der Waals surface area (Å²) in [5.41, 5.74) is 1.02. The van der Waals surface area contributed by atoms with E-state index in [-0.39, 0.29) is 35.1 Å². The van der Waals surface area contributed by atoms with E-state index in [2.05, 4.69) is 0 Å². The molecule has 0 saturated heterocycles. The van der Waals surface area contributed by atoms with Crippen molar-refractivity contribution in [1.82, 2.24) is 0 Å². The molecule has 0 amide bonds. The van der Waals surface area contributed by atoms with Gasteiger partial charge in [-0.15, -0.1) is 0 Å². The number of carboxylic acid groups (broad SMARTS) is 1. The van der Waals surface area contributed by atoms with Crippen LogP contribution < -0.4 is 34.7 Å². The Morgan fingerprint density at radius 1 is 1.00 bits per heavy atom. The molecule has 1 atom stereocenters. The van der Waals surface area contributed by atoms with Gasteiger partial charge < -0.3 is 15.0 Å². The van der Waals surface area contributed by atoms with Crippen LogP contribution in [0, 0.1) is 0 Å². The molecule has 86 valence electrons. The number of rotatable bonds is 3. The van der Waals surface area contributed by atoms with E-state index < -0.39 is 12.1 Å². The van der Waals surface area contributed by atoms with Gasteiger partial charge in [0.1, 0.15) is 6.10 Å². The van der Waals surface area contributed by atoms with Crippen molar-refractivity contribution in [3.8, 4) is 0 Å². The standard InChI is InChI=1S/C14H12O3.Na/c15-13(10-6-2-1-3-7-10)11-8-4-5-9-12(11)14(16)17;/h1-9,13,15H,(H,16,17);/q;+1/p-1. The first-order valence-corrected chi connectivity index (χ1v) is 5.23. The third-order valence-corrected chi connectivity index (χ3v) is 2.59. The number of aliphatic hydroxyl groups excluding tert-OH is 1. The van der Waals surface area contributed by atoms with Gasteiger partial charge >= 0.3 is 29.6 Å². The number of hydrogen-bond donors (Lipinski definition) is 1. The van der Waals surface area contributed by atoms with Crippen molar-refractivity contribution in [2.24, 2.45) is 0 Å². The Hall–Kier alpha value is -1.13. The minimum atomic E-state index is -1.28. The molecule has 0 aliphatic heterocycles. The van der Waals surface area contributed by atoms with E-state index in [1.54, 1.807) is 42.5 Å². The number of benzene rings is 2. The zero-order valence-electron chi connectivity index (χ0n) is 10.0. The quantitative estimate of drug-likeness (QED) is 0.650. The maximum absolute atomic E-state index is 10.9. The predicted molar refractivity (Wildman–Crippen MR) is 61.3 cm³/mol. The molecule has 0 bridgehead atoms. The zero-order chi connectivity index (χ0) is 12.3. The number of carboxylic acids is 1. The van der Waals surface area contributed by atoms with Crippen LogP contribution in [0.2, 0.25) is 0 Å². The van der Waals surface area contributed by atoms with Crippen LogP contribution in [0.15, 0.2) is 54.6 Å². The van der Waals surface area contributed by atoms with Crippen LogP contribution in [0.5, 0.6) is 0 Å². The summed E-state index contributed by atoms with van der Waals surface area (Å²) < 4.78 is 0. The van der Waals surface area contributed by atoms with E-state index >= 15 is 0 Å². The van der Waals surface area contributed by atoms with Gasteiger partial charge in [0.25, 0.3) is 0 Å². The Labute approximate surface area is 127 Å². The van der Waals surface area contributed by atoms with Crippen molar-refractivity contribution in [2.75, 3.05) is 0 Å². The van der Waals surface area contributed by atoms with Gasteiger partial charge in [0.15, 0.2) is 0 Å². The summed E-state index contributed by atoms with van der Waals surface area (Å²) in [6, 6.07) is 15.2. The molecule has 1 unspecified atom stereocenters. The molecule has 2 rings (SSSR count). The van der Waals surface area contributed by atoms with Gasteiger partial charge in [0, 0.05) is 5.56 Å². The Morgan fingerprint density at radius 3 is 2.17 bits per heavy atom. The summed E-state index contributed by atoms with van der Waals surface area (Å²) in [5.74, 6) is -1.28. The van der Waals surface area contributed by atoms with Crippen LogP contribution in [0.1, 0.15) is 27.6 Å². The summed E-state index contributed by atoms with van der Waals surface area (Å²) in [6.07, 6.45) is -0.953. The summed E-state index contributed by atoms with van der Waals surface area (Å²) >= 11 is 0. The third-order valence-electron chi connectivity index (χ3n) is 2.59. The molecule has 0 aliphatic rings. The maximum atomic E-state index is 10.9. The van der Waals surface area contributed by atoms with Crippen molar-refractivity contribution < 1.29 is 44.6 Å². The fourth-order valence-electron chi connectivity index (χ4n) is 1.74. The first-order chi connectivity index (χ1) is 8.20. The molecule has 18 heavy (non-hydrogen) atoms. The van der Waals surface area contributed by atoms with E-state index in [1.165, 1.54) is 6.07 Å². The molecule has 0 aliphatic carbocycles. The van der Waals surface area contributed by atoms with Crippen molar-refractivity contribution in [2.45, 2.75) is 6.10 Å². The number of aromatic carboxylic acids is 1. The molecule has 4 heteroatoms. The Morgan fingerprint density at radius 2 is 1.56 bits per heavy atom. The molecule has 3 nitrogen and oxygen atoms in total. The van der Waals surface area contributed by atoms with Crippen LogP contribution in [0.4, 0.5) is 0 Å². The molecule has 1 N–H and O–H groups in total. The SMILES string of the molecule is O=C([O-])c1ccccc1C(O)c1ccccc1.[Na+]. The summed E-state index contributed by atoms with van der Waals surface area (Å²) in [4.78, 5) is 10.9. The molecular weight excluding hydrogens is 239 g/mol. The van der Waals surface area contributed by atoms with Gasteiger partial charge in [-0.1, -0.05) is 54.6 Å². The van der Waals surface area contributed by atoms with Crippen LogP contribution >= 0.6 is 0 Å². The molecule has 0 radical (unpaired) electrons. The third kappa shape index (κ3) is 3.21. The molecule has 2 aromatic rings. The topological polar surface area (TPSA) is 60.4 Å². The van der Waals surface area contributed by atoms with Gasteiger partial charge in [-0.25, -0.2) is 0 Å². The summed E-state index contributed by atoms with van der Waals surface area (Å²) in [5, 5.41) is 21.1. The van der Waals surface area contributed by atoms with Gasteiger partial charge in [0.2, 0.25) is 0 Å². The van der Waals surface area contributed by atoms with Crippen LogP contribution in [0.3, 0.4) is 0 Å². The largest absolute Gasteiger partial charge is 1.00 e. The van der Waals surface area contributed by atoms with Gasteiger partial charge in [-0.3, -0.25) is 0 Å². The Balaban J connectivity index is 0.00000162. The zero-order valence-corrected chi connectivity index (χ0v) is 12.0. The van der Waals surface area contributed by atoms with E-state index in [4.69, 9.17) is 0 Å². The first kappa shape index (κ1) is 14.9. The average molecular weight is 250 g/mol. The smallest absolute Gasteiger partial charge is 0.545 e. The number of carbonyl (C=O) groups is 1. The predicted octanol–water partition coefficient (Wildman–Crippen LogP) is -1.86. The second kappa shape index (κ2) is 6.71. The van der Waals surface area contributed by atoms with E-state index in [9.17, 15) is 15.0 Å². The summed E-state index contributed by atoms with van der Waals surface area (Å²) in [6.45, 7) is 0. The number of aliphatic hydroxyl groups is 1. The van der Waals surface area contributed by atoms with Gasteiger partial charge in [-0.2, -0.15) is 0 Å². The molecule has 0 heterocycles. The van der Waals surface area contributed by atoms with E-state index in [1.807, 2.05) is 6.07 Å². The fourth-order valence-corrected chi connectivity index (χ4v) is 1.74. The van der Waals surface area contributed by atoms with Crippen molar-refractivity contribution in [1.29, 1.82) is 0 Å². The monoisotopic (exact) mass is 250 g/mol. The van der Waals surface area contributed by atoms with Crippen molar-refractivity contribution in [3.63, 3.8) is 0 Å². The minimum absolute atomic E-state index is 0. The normalized spacial score (nSPS) is 11.4. The fraction of sp³-hybridized carbons (Fsp3) is 0.0714. The first-order valence-electron chi connectivity index (χ1n) is 5.23. The van der Waals surface area contributed by atoms with Crippen molar-refractivity contribution >= 4 is 5.97 Å². The van der Waals surface area contributed by atoms with Crippen LogP contribution in [0.25, 0.3) is 0 Å². The van der Waals surface area contributed by atoms with Crippen molar-refractivity contribution in [3.05, 3.63) is 71.3 Å². The summed E-state index contributed by atoms with van der Waals surface area (Å²) in [7, 11) is 0. The maximum Gasteiger partial charge on any atom is 1.00 e. The molecule has 0 aromatic heterocycles. The number of carbonyl (C=O) groups excluding carboxylic acids is 1. The average Bonchev–Trinajstić information content (AvgIpc) is 2.39. The second-order valence-electron chi connectivity index (χ2n) is 3.69. The number of hydrogen-bond acceptors (Lipinski definition) is 3. The molecule has 0 spiro atoms. The Kier molecular flexibility index (Phi) is 5.56. The van der Waals surface area contributed by atoms with Gasteiger partial charge in [-0.05, 0) is 11.1 Å². The minimum Gasteiger partial charge on any atom is -0.545 e. The molecule has 0 saturated carbocycles.